The molecule has 0 saturated heterocycles. The maximum absolute atomic E-state index is 13.4. The number of nitrogens with one attached hydrogen (secondary N) is 2. The molecule has 1 aliphatic rings. The van der Waals surface area contributed by atoms with Crippen molar-refractivity contribution < 1.29 is 9.50 Å². The summed E-state index contributed by atoms with van der Waals surface area (Å²) in [6, 6.07) is 4.58. The van der Waals surface area contributed by atoms with E-state index in [1.807, 2.05) is 6.92 Å². The molecule has 0 unspecified atom stereocenters. The molecular weight excluding hydrogens is 383 g/mol. The molecule has 0 radical (unpaired) electrons. The van der Waals surface area contributed by atoms with E-state index in [0.29, 0.717) is 28.5 Å². The van der Waals surface area contributed by atoms with Gasteiger partial charge in [-0.15, -0.1) is 0 Å². The summed E-state index contributed by atoms with van der Waals surface area (Å²) >= 11 is 5.87. The Hall–Kier alpha value is -2.58. The fourth-order valence-corrected chi connectivity index (χ4v) is 3.54. The molecule has 0 bridgehead atoms. The summed E-state index contributed by atoms with van der Waals surface area (Å²) in [5.74, 6) is 0.503. The first-order valence-electron chi connectivity index (χ1n) is 9.15. The number of aliphatic hydroxyl groups is 1. The van der Waals surface area contributed by atoms with Gasteiger partial charge in [-0.25, -0.2) is 24.3 Å². The molecular formula is C19H20ClFN6O. The van der Waals surface area contributed by atoms with Crippen LogP contribution in [0.5, 0.6) is 0 Å². The van der Waals surface area contributed by atoms with Crippen LogP contribution >= 0.6 is 11.6 Å². The SMILES string of the molecule is Cc1nc(NC2CCC(O)CC2)nc2c(Nc3ccc(F)c(Cl)c3)ncnc12. The predicted octanol–water partition coefficient (Wildman–Crippen LogP) is 3.98. The van der Waals surface area contributed by atoms with Gasteiger partial charge in [0.15, 0.2) is 5.82 Å². The Labute approximate surface area is 166 Å². The largest absolute Gasteiger partial charge is 0.393 e. The van der Waals surface area contributed by atoms with Crippen molar-refractivity contribution in [3.8, 4) is 0 Å². The molecule has 7 nitrogen and oxygen atoms in total. The number of benzene rings is 1. The molecule has 146 valence electrons. The van der Waals surface area contributed by atoms with E-state index in [1.165, 1.54) is 18.5 Å². The highest BCUT2D eigenvalue weighted by molar-refractivity contribution is 6.31. The van der Waals surface area contributed by atoms with E-state index < -0.39 is 5.82 Å². The number of rotatable bonds is 4. The molecule has 4 rings (SSSR count). The zero-order valence-corrected chi connectivity index (χ0v) is 16.0. The Morgan fingerprint density at radius 1 is 1.11 bits per heavy atom. The summed E-state index contributed by atoms with van der Waals surface area (Å²) < 4.78 is 13.4. The van der Waals surface area contributed by atoms with Gasteiger partial charge in [0.2, 0.25) is 5.95 Å². The van der Waals surface area contributed by atoms with E-state index >= 15 is 0 Å². The van der Waals surface area contributed by atoms with E-state index in [-0.39, 0.29) is 17.2 Å². The van der Waals surface area contributed by atoms with Crippen molar-refractivity contribution >= 4 is 40.1 Å². The van der Waals surface area contributed by atoms with Crippen molar-refractivity contribution in [1.29, 1.82) is 0 Å². The quantitative estimate of drug-likeness (QED) is 0.607. The minimum atomic E-state index is -0.484. The van der Waals surface area contributed by atoms with E-state index in [2.05, 4.69) is 30.6 Å². The van der Waals surface area contributed by atoms with Crippen molar-refractivity contribution in [2.75, 3.05) is 10.6 Å². The number of aromatic nitrogens is 4. The first-order chi connectivity index (χ1) is 13.5. The Bertz CT molecular complexity index is 1010. The molecule has 1 fully saturated rings. The van der Waals surface area contributed by atoms with Crippen molar-refractivity contribution in [3.63, 3.8) is 0 Å². The molecule has 0 atom stereocenters. The van der Waals surface area contributed by atoms with Gasteiger partial charge < -0.3 is 15.7 Å². The van der Waals surface area contributed by atoms with Crippen LogP contribution in [0.3, 0.4) is 0 Å². The van der Waals surface area contributed by atoms with Crippen LogP contribution in [0, 0.1) is 12.7 Å². The average molecular weight is 403 g/mol. The van der Waals surface area contributed by atoms with Gasteiger partial charge >= 0.3 is 0 Å². The molecule has 0 aliphatic heterocycles. The van der Waals surface area contributed by atoms with Crippen molar-refractivity contribution in [2.45, 2.75) is 44.8 Å². The molecule has 1 aromatic carbocycles. The Morgan fingerprint density at radius 3 is 2.64 bits per heavy atom. The monoisotopic (exact) mass is 402 g/mol. The molecule has 9 heteroatoms. The maximum atomic E-state index is 13.4. The number of anilines is 3. The summed E-state index contributed by atoms with van der Waals surface area (Å²) in [5.41, 5.74) is 2.52. The van der Waals surface area contributed by atoms with Crippen molar-refractivity contribution in [2.24, 2.45) is 0 Å². The smallest absolute Gasteiger partial charge is 0.223 e. The molecule has 28 heavy (non-hydrogen) atoms. The van der Waals surface area contributed by atoms with Gasteiger partial charge in [-0.2, -0.15) is 0 Å². The number of aliphatic hydroxyl groups excluding tert-OH is 1. The van der Waals surface area contributed by atoms with Gasteiger partial charge in [0, 0.05) is 11.7 Å². The van der Waals surface area contributed by atoms with Gasteiger partial charge in [-0.05, 0) is 50.8 Å². The first-order valence-corrected chi connectivity index (χ1v) is 9.53. The number of hydrogen-bond donors (Lipinski definition) is 3. The third-order valence-electron chi connectivity index (χ3n) is 4.87. The molecule has 2 heterocycles. The zero-order valence-electron chi connectivity index (χ0n) is 15.3. The lowest BCUT2D eigenvalue weighted by Crippen LogP contribution is -2.29. The topological polar surface area (TPSA) is 95.9 Å². The summed E-state index contributed by atoms with van der Waals surface area (Å²) in [4.78, 5) is 17.7. The fourth-order valence-electron chi connectivity index (χ4n) is 3.36. The highest BCUT2D eigenvalue weighted by atomic mass is 35.5. The highest BCUT2D eigenvalue weighted by Crippen LogP contribution is 2.27. The van der Waals surface area contributed by atoms with Gasteiger partial charge in [0.05, 0.1) is 16.8 Å². The predicted molar refractivity (Wildman–Crippen MR) is 106 cm³/mol. The van der Waals surface area contributed by atoms with Crippen molar-refractivity contribution in [1.82, 2.24) is 19.9 Å². The Kier molecular flexibility index (Phi) is 5.23. The number of fused-ring (bicyclic) bond motifs is 1. The lowest BCUT2D eigenvalue weighted by Gasteiger charge is -2.26. The van der Waals surface area contributed by atoms with E-state index in [4.69, 9.17) is 11.6 Å². The molecule has 0 amide bonds. The number of halogens is 2. The number of hydrogen-bond acceptors (Lipinski definition) is 7. The molecule has 0 spiro atoms. The second-order valence-electron chi connectivity index (χ2n) is 6.96. The Balaban J connectivity index is 1.65. The highest BCUT2D eigenvalue weighted by Gasteiger charge is 2.21. The minimum absolute atomic E-state index is 0.0241. The number of nitrogens with zero attached hydrogens (tertiary/aromatic N) is 4. The van der Waals surface area contributed by atoms with Gasteiger partial charge in [0.25, 0.3) is 0 Å². The third kappa shape index (κ3) is 3.98. The second-order valence-corrected chi connectivity index (χ2v) is 7.36. The van der Waals surface area contributed by atoms with Crippen LogP contribution < -0.4 is 10.6 Å². The second kappa shape index (κ2) is 7.81. The fraction of sp³-hybridized carbons (Fsp3) is 0.368. The van der Waals surface area contributed by atoms with Crippen LogP contribution in [0.25, 0.3) is 11.0 Å². The minimum Gasteiger partial charge on any atom is -0.393 e. The standard InChI is InChI=1S/C19H20ClFN6O/c1-10-16-17(27-19(24-10)26-11-2-5-13(28)6-3-11)18(23-9-22-16)25-12-4-7-15(21)14(20)8-12/h4,7-9,11,13,28H,2-3,5-6H2,1H3,(H,22,23,25)(H,24,26,27). The average Bonchev–Trinajstić information content (AvgIpc) is 2.67. The molecule has 3 N–H and O–H groups in total. The summed E-state index contributed by atoms with van der Waals surface area (Å²) in [7, 11) is 0. The summed E-state index contributed by atoms with van der Waals surface area (Å²) in [6.45, 7) is 1.87. The lowest BCUT2D eigenvalue weighted by molar-refractivity contribution is 0.126. The molecule has 1 aliphatic carbocycles. The first kappa shape index (κ1) is 18.8. The van der Waals surface area contributed by atoms with Gasteiger partial charge in [0.1, 0.15) is 23.2 Å². The maximum Gasteiger partial charge on any atom is 0.223 e. The van der Waals surface area contributed by atoms with E-state index in [9.17, 15) is 9.50 Å². The van der Waals surface area contributed by atoms with E-state index in [0.717, 1.165) is 31.4 Å². The normalized spacial score (nSPS) is 19.6. The van der Waals surface area contributed by atoms with Gasteiger partial charge in [-0.1, -0.05) is 11.6 Å². The van der Waals surface area contributed by atoms with Crippen LogP contribution in [0.4, 0.5) is 21.8 Å². The molecule has 1 saturated carbocycles. The molecule has 2 aromatic heterocycles. The number of aryl methyl sites for hydroxylation is 1. The Morgan fingerprint density at radius 2 is 1.89 bits per heavy atom. The van der Waals surface area contributed by atoms with Crippen molar-refractivity contribution in [3.05, 3.63) is 41.1 Å². The lowest BCUT2D eigenvalue weighted by atomic mass is 9.93. The van der Waals surface area contributed by atoms with Crippen LogP contribution in [0.1, 0.15) is 31.4 Å². The zero-order chi connectivity index (χ0) is 19.7. The van der Waals surface area contributed by atoms with Crippen LogP contribution in [0.2, 0.25) is 5.02 Å². The summed E-state index contributed by atoms with van der Waals surface area (Å²) in [5, 5.41) is 16.2. The van der Waals surface area contributed by atoms with Crippen LogP contribution in [-0.4, -0.2) is 37.2 Å². The van der Waals surface area contributed by atoms with Gasteiger partial charge in [-0.3, -0.25) is 0 Å². The third-order valence-corrected chi connectivity index (χ3v) is 5.16. The van der Waals surface area contributed by atoms with Crippen LogP contribution in [0.15, 0.2) is 24.5 Å². The summed E-state index contributed by atoms with van der Waals surface area (Å²) in [6.07, 6.45) is 4.49. The molecule has 3 aromatic rings. The van der Waals surface area contributed by atoms with Crippen LogP contribution in [-0.2, 0) is 0 Å². The van der Waals surface area contributed by atoms with E-state index in [1.54, 1.807) is 6.07 Å².